The van der Waals surface area contributed by atoms with Gasteiger partial charge in [-0.3, -0.25) is 0 Å². The van der Waals surface area contributed by atoms with Gasteiger partial charge in [0.1, 0.15) is 0 Å². The van der Waals surface area contributed by atoms with Crippen molar-refractivity contribution in [1.29, 1.82) is 0 Å². The maximum absolute atomic E-state index is 3.80. The van der Waals surface area contributed by atoms with Crippen molar-refractivity contribution >= 4 is 18.6 Å². The second-order valence-corrected chi connectivity index (χ2v) is 4.49. The zero-order chi connectivity index (χ0) is 12.8. The first-order chi connectivity index (χ1) is 8.83. The lowest BCUT2D eigenvalue weighted by Gasteiger charge is -2.25. The van der Waals surface area contributed by atoms with Gasteiger partial charge >= 0.3 is 0 Å². The van der Waals surface area contributed by atoms with Crippen LogP contribution < -0.4 is 5.23 Å². The molecule has 3 heteroatoms. The SMILES string of the molecule is C=CCN(CC=C)CB1C=Cc2ccccc2N1. The van der Waals surface area contributed by atoms with Crippen molar-refractivity contribution in [3.05, 3.63) is 61.1 Å². The molecule has 1 heterocycles. The molecule has 0 saturated carbocycles. The quantitative estimate of drug-likeness (QED) is 0.605. The molecule has 0 atom stereocenters. The van der Waals surface area contributed by atoms with Crippen LogP contribution in [0.3, 0.4) is 0 Å². The van der Waals surface area contributed by atoms with Crippen molar-refractivity contribution in [3.63, 3.8) is 0 Å². The van der Waals surface area contributed by atoms with Crippen LogP contribution in [0.2, 0.25) is 0 Å². The lowest BCUT2D eigenvalue weighted by molar-refractivity contribution is 0.388. The molecular weight excluding hydrogens is 219 g/mol. The third-order valence-electron chi connectivity index (χ3n) is 3.04. The van der Waals surface area contributed by atoms with Gasteiger partial charge in [-0.25, -0.2) is 0 Å². The summed E-state index contributed by atoms with van der Waals surface area (Å²) in [5.74, 6) is 2.22. The minimum Gasteiger partial charge on any atom is -0.423 e. The Morgan fingerprint density at radius 1 is 1.17 bits per heavy atom. The normalized spacial score (nSPS) is 13.1. The second kappa shape index (κ2) is 6.27. The van der Waals surface area contributed by atoms with E-state index in [0.717, 1.165) is 19.5 Å². The summed E-state index contributed by atoms with van der Waals surface area (Å²) >= 11 is 0. The van der Waals surface area contributed by atoms with Crippen LogP contribution in [-0.4, -0.2) is 31.3 Å². The van der Waals surface area contributed by atoms with E-state index < -0.39 is 0 Å². The minimum atomic E-state index is 0.347. The van der Waals surface area contributed by atoms with E-state index in [0.29, 0.717) is 6.85 Å². The summed E-state index contributed by atoms with van der Waals surface area (Å²) in [6, 6.07) is 8.37. The van der Waals surface area contributed by atoms with Gasteiger partial charge in [-0.15, -0.1) is 13.2 Å². The summed E-state index contributed by atoms with van der Waals surface area (Å²) < 4.78 is 0. The van der Waals surface area contributed by atoms with Crippen LogP contribution in [0.1, 0.15) is 5.56 Å². The molecule has 0 spiro atoms. The molecule has 92 valence electrons. The highest BCUT2D eigenvalue weighted by molar-refractivity contribution is 6.69. The highest BCUT2D eigenvalue weighted by Crippen LogP contribution is 2.21. The third-order valence-corrected chi connectivity index (χ3v) is 3.04. The fourth-order valence-corrected chi connectivity index (χ4v) is 2.21. The molecule has 0 aliphatic carbocycles. The maximum atomic E-state index is 3.80. The van der Waals surface area contributed by atoms with E-state index in [9.17, 15) is 0 Å². The predicted molar refractivity (Wildman–Crippen MR) is 81.7 cm³/mol. The number of hydrogen-bond donors (Lipinski definition) is 1. The van der Waals surface area contributed by atoms with E-state index in [1.54, 1.807) is 0 Å². The molecule has 1 aromatic rings. The number of hydrogen-bond acceptors (Lipinski definition) is 2. The van der Waals surface area contributed by atoms with Gasteiger partial charge in [0.25, 0.3) is 6.85 Å². The molecule has 1 aliphatic heterocycles. The molecule has 0 radical (unpaired) electrons. The monoisotopic (exact) mass is 238 g/mol. The Hall–Kier alpha value is -1.74. The summed E-state index contributed by atoms with van der Waals surface area (Å²) in [4.78, 5) is 2.32. The van der Waals surface area contributed by atoms with Crippen LogP contribution in [0.15, 0.2) is 55.6 Å². The number of benzene rings is 1. The Morgan fingerprint density at radius 2 is 1.89 bits per heavy atom. The van der Waals surface area contributed by atoms with Crippen molar-refractivity contribution in [2.75, 3.05) is 24.8 Å². The number of nitrogens with one attached hydrogen (secondary N) is 1. The van der Waals surface area contributed by atoms with Gasteiger partial charge < -0.3 is 10.1 Å². The van der Waals surface area contributed by atoms with E-state index in [-0.39, 0.29) is 0 Å². The molecule has 1 aliphatic rings. The summed E-state index contributed by atoms with van der Waals surface area (Å²) in [5.41, 5.74) is 2.47. The number of nitrogens with zero attached hydrogens (tertiary/aromatic N) is 1. The number of para-hydroxylation sites is 1. The average Bonchev–Trinajstić information content (AvgIpc) is 2.39. The predicted octanol–water partition coefficient (Wildman–Crippen LogP) is 2.87. The minimum absolute atomic E-state index is 0.347. The largest absolute Gasteiger partial charge is 0.423 e. The maximum Gasteiger partial charge on any atom is 0.293 e. The smallest absolute Gasteiger partial charge is 0.293 e. The van der Waals surface area contributed by atoms with Crippen LogP contribution in [0.5, 0.6) is 0 Å². The summed E-state index contributed by atoms with van der Waals surface area (Å²) in [7, 11) is 0. The molecule has 0 fully saturated rings. The van der Waals surface area contributed by atoms with Gasteiger partial charge in [-0.2, -0.15) is 0 Å². The molecule has 0 unspecified atom stereocenters. The Morgan fingerprint density at radius 3 is 2.61 bits per heavy atom. The molecule has 2 rings (SSSR count). The highest BCUT2D eigenvalue weighted by atomic mass is 15.1. The molecule has 2 nitrogen and oxygen atoms in total. The lowest BCUT2D eigenvalue weighted by atomic mass is 9.59. The van der Waals surface area contributed by atoms with Crippen LogP contribution in [0.25, 0.3) is 6.08 Å². The fourth-order valence-electron chi connectivity index (χ4n) is 2.21. The summed E-state index contributed by atoms with van der Waals surface area (Å²) in [5, 5.41) is 3.55. The zero-order valence-corrected chi connectivity index (χ0v) is 10.7. The first-order valence-electron chi connectivity index (χ1n) is 6.31. The van der Waals surface area contributed by atoms with Crippen molar-refractivity contribution in [2.24, 2.45) is 0 Å². The van der Waals surface area contributed by atoms with Crippen molar-refractivity contribution in [2.45, 2.75) is 0 Å². The van der Waals surface area contributed by atoms with E-state index in [1.165, 1.54) is 11.3 Å². The van der Waals surface area contributed by atoms with E-state index in [2.05, 4.69) is 59.6 Å². The Balaban J connectivity index is 2.00. The molecule has 0 saturated heterocycles. The van der Waals surface area contributed by atoms with E-state index in [4.69, 9.17) is 0 Å². The molecule has 0 amide bonds. The Kier molecular flexibility index (Phi) is 4.43. The number of rotatable bonds is 6. The molecule has 18 heavy (non-hydrogen) atoms. The molecule has 1 N–H and O–H groups in total. The van der Waals surface area contributed by atoms with Gasteiger partial charge in [0.15, 0.2) is 0 Å². The Labute approximate surface area is 110 Å². The van der Waals surface area contributed by atoms with Crippen LogP contribution in [0.4, 0.5) is 5.69 Å². The fraction of sp³-hybridized carbons (Fsp3) is 0.200. The Bertz CT molecular complexity index is 444. The van der Waals surface area contributed by atoms with Gasteiger partial charge in [-0.1, -0.05) is 42.4 Å². The highest BCUT2D eigenvalue weighted by Gasteiger charge is 2.18. The van der Waals surface area contributed by atoms with Gasteiger partial charge in [0.05, 0.1) is 0 Å². The first-order valence-corrected chi connectivity index (χ1v) is 6.31. The first kappa shape index (κ1) is 12.7. The van der Waals surface area contributed by atoms with E-state index in [1.807, 2.05) is 12.2 Å². The van der Waals surface area contributed by atoms with Gasteiger partial charge in [0.2, 0.25) is 0 Å². The molecule has 1 aromatic carbocycles. The molecule has 0 bridgehead atoms. The average molecular weight is 238 g/mol. The van der Waals surface area contributed by atoms with Crippen molar-refractivity contribution in [3.8, 4) is 0 Å². The van der Waals surface area contributed by atoms with Crippen LogP contribution in [0, 0.1) is 0 Å². The summed E-state index contributed by atoms with van der Waals surface area (Å²) in [6.07, 6.45) is 7.02. The molecular formula is C15H19BN2. The van der Waals surface area contributed by atoms with E-state index >= 15 is 0 Å². The zero-order valence-electron chi connectivity index (χ0n) is 10.7. The van der Waals surface area contributed by atoms with Crippen LogP contribution >= 0.6 is 0 Å². The van der Waals surface area contributed by atoms with Crippen LogP contribution in [-0.2, 0) is 0 Å². The standard InChI is InChI=1S/C15H19BN2/c1-3-11-18(12-4-2)13-16-10-9-14-7-5-6-8-15(14)17-16/h3-10,17H,1-2,11-13H2. The number of anilines is 1. The van der Waals surface area contributed by atoms with Gasteiger partial charge in [0, 0.05) is 25.2 Å². The lowest BCUT2D eigenvalue weighted by Crippen LogP contribution is -2.40. The topological polar surface area (TPSA) is 15.3 Å². The second-order valence-electron chi connectivity index (χ2n) is 4.49. The summed E-state index contributed by atoms with van der Waals surface area (Å²) in [6.45, 7) is 9.72. The molecule has 0 aromatic heterocycles. The van der Waals surface area contributed by atoms with Crippen molar-refractivity contribution in [1.82, 2.24) is 4.90 Å². The van der Waals surface area contributed by atoms with Crippen molar-refractivity contribution < 1.29 is 0 Å². The third kappa shape index (κ3) is 3.14. The van der Waals surface area contributed by atoms with Gasteiger partial charge in [-0.05, 0) is 11.6 Å². The number of fused-ring (bicyclic) bond motifs is 1.